The minimum absolute atomic E-state index is 0.0218. The van der Waals surface area contributed by atoms with Crippen LogP contribution in [-0.4, -0.2) is 37.5 Å². The van der Waals surface area contributed by atoms with Crippen LogP contribution in [0.3, 0.4) is 0 Å². The molecule has 0 spiro atoms. The van der Waals surface area contributed by atoms with Gasteiger partial charge < -0.3 is 5.32 Å². The lowest BCUT2D eigenvalue weighted by Crippen LogP contribution is -2.23. The highest BCUT2D eigenvalue weighted by atomic mass is 32.2. The molecular weight excluding hydrogens is 400 g/mol. The zero-order valence-electron chi connectivity index (χ0n) is 13.9. The van der Waals surface area contributed by atoms with Gasteiger partial charge in [-0.2, -0.15) is 8.78 Å². The molecule has 2 heterocycles. The number of anilines is 2. The summed E-state index contributed by atoms with van der Waals surface area (Å²) >= 11 is 1.23. The second kappa shape index (κ2) is 7.69. The van der Waals surface area contributed by atoms with Gasteiger partial charge >= 0.3 is 5.76 Å². The molecule has 0 aliphatic carbocycles. The number of nitrogens with zero attached hydrogens (tertiary/aromatic N) is 2. The average Bonchev–Trinajstić information content (AvgIpc) is 3.23. The molecule has 144 valence electrons. The molecule has 0 saturated carbocycles. The van der Waals surface area contributed by atoms with Crippen LogP contribution in [-0.2, 0) is 25.8 Å². The minimum Gasteiger partial charge on any atom is -0.325 e. The molecule has 1 aliphatic heterocycles. The molecule has 27 heavy (non-hydrogen) atoms. The summed E-state index contributed by atoms with van der Waals surface area (Å²) in [5.74, 6) is -4.21. The summed E-state index contributed by atoms with van der Waals surface area (Å²) in [6.07, 6.45) is 1.04. The molecule has 1 saturated heterocycles. The maximum Gasteiger partial charge on any atom is 0.341 e. The van der Waals surface area contributed by atoms with Gasteiger partial charge in [0.05, 0.1) is 22.7 Å². The van der Waals surface area contributed by atoms with Gasteiger partial charge in [-0.3, -0.25) is 14.5 Å². The highest BCUT2D eigenvalue weighted by molar-refractivity contribution is 7.91. The van der Waals surface area contributed by atoms with E-state index < -0.39 is 26.4 Å². The number of alkyl halides is 2. The van der Waals surface area contributed by atoms with E-state index in [4.69, 9.17) is 0 Å². The van der Waals surface area contributed by atoms with Gasteiger partial charge in [0.1, 0.15) is 0 Å². The Balaban J connectivity index is 1.72. The third-order valence-corrected chi connectivity index (χ3v) is 6.24. The number of rotatable bonds is 6. The first-order valence-corrected chi connectivity index (χ1v) is 10.4. The van der Waals surface area contributed by atoms with E-state index in [9.17, 15) is 26.8 Å². The largest absolute Gasteiger partial charge is 0.341 e. The van der Waals surface area contributed by atoms with E-state index in [0.717, 1.165) is 12.5 Å². The first-order valence-electron chi connectivity index (χ1n) is 7.95. The fraction of sp³-hybridized carbons (Fsp3) is 0.312. The maximum absolute atomic E-state index is 12.8. The molecule has 2 aromatic rings. The summed E-state index contributed by atoms with van der Waals surface area (Å²) in [5.41, 5.74) is 0.189. The number of halogens is 2. The van der Waals surface area contributed by atoms with Crippen molar-refractivity contribution in [3.8, 4) is 0 Å². The van der Waals surface area contributed by atoms with Crippen LogP contribution < -0.4 is 10.2 Å². The minimum atomic E-state index is -4.84. The Labute approximate surface area is 157 Å². The van der Waals surface area contributed by atoms with Gasteiger partial charge in [0.25, 0.3) is 0 Å². The summed E-state index contributed by atoms with van der Waals surface area (Å²) in [7, 11) is -4.84. The molecule has 11 heteroatoms. The molecule has 1 aliphatic rings. The molecule has 1 fully saturated rings. The van der Waals surface area contributed by atoms with E-state index in [0.29, 0.717) is 23.8 Å². The van der Waals surface area contributed by atoms with Crippen LogP contribution in [0.4, 0.5) is 19.6 Å². The van der Waals surface area contributed by atoms with Crippen LogP contribution >= 0.6 is 11.3 Å². The van der Waals surface area contributed by atoms with Crippen LogP contribution in [0.1, 0.15) is 18.5 Å². The standard InChI is InChI=1S/C16H15F2N3O4S2/c17-15(18)27(24,25)12-5-2-1-4-11(12)20-13(22)8-10-9-26-16(19-10)21-7-3-6-14(21)23/h1-2,4-5,9,15H,3,6-8H2,(H,20,22). The van der Waals surface area contributed by atoms with E-state index in [1.807, 2.05) is 0 Å². The Morgan fingerprint density at radius 3 is 2.74 bits per heavy atom. The molecule has 0 atom stereocenters. The normalized spacial score (nSPS) is 14.8. The summed E-state index contributed by atoms with van der Waals surface area (Å²) in [4.78, 5) is 29.1. The third kappa shape index (κ3) is 4.14. The lowest BCUT2D eigenvalue weighted by atomic mass is 10.3. The molecule has 0 unspecified atom stereocenters. The van der Waals surface area contributed by atoms with Gasteiger partial charge in [0.2, 0.25) is 21.7 Å². The SMILES string of the molecule is O=C(Cc1csc(N2CCCC2=O)n1)Nc1ccccc1S(=O)(=O)C(F)F. The molecule has 3 rings (SSSR count). The summed E-state index contributed by atoms with van der Waals surface area (Å²) in [6, 6.07) is 4.98. The zero-order valence-corrected chi connectivity index (χ0v) is 15.5. The number of benzene rings is 1. The van der Waals surface area contributed by atoms with Crippen molar-refractivity contribution in [2.75, 3.05) is 16.8 Å². The first kappa shape index (κ1) is 19.4. The van der Waals surface area contributed by atoms with Crippen LogP contribution in [0.2, 0.25) is 0 Å². The van der Waals surface area contributed by atoms with Gasteiger partial charge in [-0.15, -0.1) is 11.3 Å². The number of carbonyl (C=O) groups excluding carboxylic acids is 2. The lowest BCUT2D eigenvalue weighted by molar-refractivity contribution is -0.117. The predicted molar refractivity (Wildman–Crippen MR) is 95.7 cm³/mol. The van der Waals surface area contributed by atoms with Gasteiger partial charge in [0, 0.05) is 18.3 Å². The second-order valence-corrected chi connectivity index (χ2v) is 8.52. The van der Waals surface area contributed by atoms with Crippen molar-refractivity contribution in [1.29, 1.82) is 0 Å². The number of nitrogens with one attached hydrogen (secondary N) is 1. The highest BCUT2D eigenvalue weighted by Gasteiger charge is 2.29. The Kier molecular flexibility index (Phi) is 5.51. The first-order chi connectivity index (χ1) is 12.8. The number of amides is 2. The third-order valence-electron chi connectivity index (χ3n) is 3.89. The van der Waals surface area contributed by atoms with Crippen molar-refractivity contribution in [2.24, 2.45) is 0 Å². The smallest absolute Gasteiger partial charge is 0.325 e. The average molecular weight is 415 g/mol. The van der Waals surface area contributed by atoms with Crippen molar-refractivity contribution in [3.05, 3.63) is 35.3 Å². The van der Waals surface area contributed by atoms with Crippen LogP contribution in [0.25, 0.3) is 0 Å². The Morgan fingerprint density at radius 1 is 1.33 bits per heavy atom. The van der Waals surface area contributed by atoms with Crippen molar-refractivity contribution in [2.45, 2.75) is 29.9 Å². The highest BCUT2D eigenvalue weighted by Crippen LogP contribution is 2.27. The molecule has 1 aromatic carbocycles. The van der Waals surface area contributed by atoms with E-state index in [2.05, 4.69) is 10.3 Å². The quantitative estimate of drug-likeness (QED) is 0.782. The summed E-state index contributed by atoms with van der Waals surface area (Å²) < 4.78 is 49.1. The fourth-order valence-electron chi connectivity index (χ4n) is 2.62. The Morgan fingerprint density at radius 2 is 2.07 bits per heavy atom. The molecule has 1 N–H and O–H groups in total. The van der Waals surface area contributed by atoms with Gasteiger partial charge in [-0.05, 0) is 18.6 Å². The molecule has 2 amide bonds. The zero-order chi connectivity index (χ0) is 19.6. The number of thiazole rings is 1. The summed E-state index contributed by atoms with van der Waals surface area (Å²) in [6.45, 7) is 0.580. The molecule has 0 radical (unpaired) electrons. The van der Waals surface area contributed by atoms with Crippen molar-refractivity contribution >= 4 is 43.8 Å². The van der Waals surface area contributed by atoms with E-state index >= 15 is 0 Å². The van der Waals surface area contributed by atoms with Crippen molar-refractivity contribution in [3.63, 3.8) is 0 Å². The fourth-order valence-corrected chi connectivity index (χ4v) is 4.38. The maximum atomic E-state index is 12.8. The molecule has 1 aromatic heterocycles. The number of sulfone groups is 1. The van der Waals surface area contributed by atoms with Crippen molar-refractivity contribution < 1.29 is 26.8 Å². The monoisotopic (exact) mass is 415 g/mol. The van der Waals surface area contributed by atoms with Crippen LogP contribution in [0.5, 0.6) is 0 Å². The van der Waals surface area contributed by atoms with Gasteiger partial charge in [0.15, 0.2) is 5.13 Å². The number of para-hydroxylation sites is 1. The predicted octanol–water partition coefficient (Wildman–Crippen LogP) is 2.45. The number of hydrogen-bond acceptors (Lipinski definition) is 6. The van der Waals surface area contributed by atoms with E-state index in [1.165, 1.54) is 29.5 Å². The van der Waals surface area contributed by atoms with Crippen molar-refractivity contribution in [1.82, 2.24) is 4.98 Å². The van der Waals surface area contributed by atoms with Crippen LogP contribution in [0, 0.1) is 0 Å². The Hall–Kier alpha value is -2.40. The number of aromatic nitrogens is 1. The summed E-state index contributed by atoms with van der Waals surface area (Å²) in [5, 5.41) is 4.47. The molecule has 0 bridgehead atoms. The molecular formula is C16H15F2N3O4S2. The lowest BCUT2D eigenvalue weighted by Gasteiger charge is -2.11. The second-order valence-electron chi connectivity index (χ2n) is 5.80. The van der Waals surface area contributed by atoms with Crippen LogP contribution in [0.15, 0.2) is 34.5 Å². The number of hydrogen-bond donors (Lipinski definition) is 1. The number of carbonyl (C=O) groups is 2. The van der Waals surface area contributed by atoms with E-state index in [-0.39, 0.29) is 18.0 Å². The van der Waals surface area contributed by atoms with Gasteiger partial charge in [-0.25, -0.2) is 13.4 Å². The Bertz CT molecular complexity index is 976. The van der Waals surface area contributed by atoms with E-state index in [1.54, 1.807) is 10.3 Å². The molecule has 7 nitrogen and oxygen atoms in total. The van der Waals surface area contributed by atoms with Gasteiger partial charge in [-0.1, -0.05) is 12.1 Å². The topological polar surface area (TPSA) is 96.4 Å².